The number of aromatic hydroxyl groups is 1. The number of sulfonamides is 1. The van der Waals surface area contributed by atoms with Crippen molar-refractivity contribution in [1.29, 1.82) is 0 Å². The van der Waals surface area contributed by atoms with E-state index in [-0.39, 0.29) is 46.1 Å². The normalized spacial score (nSPS) is 16.5. The number of hydrogen-bond acceptors (Lipinski definition) is 12. The molecule has 0 aliphatic carbocycles. The van der Waals surface area contributed by atoms with Crippen LogP contribution in [-0.4, -0.2) is 93.8 Å². The van der Waals surface area contributed by atoms with Crippen molar-refractivity contribution in [2.75, 3.05) is 63.5 Å². The largest absolute Gasteiger partial charge is 0.546 e. The topological polar surface area (TPSA) is 150 Å². The van der Waals surface area contributed by atoms with E-state index in [9.17, 15) is 18.1 Å². The van der Waals surface area contributed by atoms with E-state index in [1.54, 1.807) is 27.0 Å². The summed E-state index contributed by atoms with van der Waals surface area (Å²) in [6, 6.07) is 1.73. The van der Waals surface area contributed by atoms with Crippen molar-refractivity contribution in [3.05, 3.63) is 28.5 Å². The molecule has 1 unspecified atom stereocenters. The van der Waals surface area contributed by atoms with Gasteiger partial charge < -0.3 is 34.5 Å². The summed E-state index contributed by atoms with van der Waals surface area (Å²) in [6.07, 6.45) is 4.92. The number of piperazine rings is 1. The van der Waals surface area contributed by atoms with Gasteiger partial charge in [0, 0.05) is 52.9 Å². The maximum Gasteiger partial charge on any atom is 0.256 e. The van der Waals surface area contributed by atoms with Gasteiger partial charge in [-0.05, 0) is 56.8 Å². The van der Waals surface area contributed by atoms with E-state index in [0.29, 0.717) is 4.88 Å². The fourth-order valence-electron chi connectivity index (χ4n) is 5.33. The van der Waals surface area contributed by atoms with Crippen LogP contribution < -0.4 is 10.6 Å². The van der Waals surface area contributed by atoms with E-state index in [1.165, 1.54) is 4.31 Å². The molecular weight excluding hydrogens is 623 g/mol. The van der Waals surface area contributed by atoms with E-state index < -0.39 is 26.9 Å². The summed E-state index contributed by atoms with van der Waals surface area (Å²) in [6.45, 7) is 17.6. The molecule has 4 rings (SSSR count). The molecule has 0 aromatic carbocycles. The molecule has 3 aromatic heterocycles. The Balaban J connectivity index is 1.48. The maximum absolute atomic E-state index is 13.1. The molecule has 4 heterocycles. The average molecular weight is 670 g/mol. The highest BCUT2D eigenvalue weighted by Gasteiger charge is 2.34. The fraction of sp³-hybridized carbons (Fsp3) is 0.655. The molecule has 1 aliphatic heterocycles. The average Bonchev–Trinajstić information content (AvgIpc) is 3.64. The SMILES string of the molecule is CCN(CC)S(=O)(=O)c1sc(C)c(Nc2n[s+]([O-])nc2N[C@@H](c2cc(CCCCN3CCN(C)CC3)co2)C(C)(C)C)c1O. The highest BCUT2D eigenvalue weighted by atomic mass is 32.2. The van der Waals surface area contributed by atoms with Gasteiger partial charge in [0.15, 0.2) is 21.1 Å². The van der Waals surface area contributed by atoms with Crippen LogP contribution in [0.25, 0.3) is 0 Å². The third kappa shape index (κ3) is 8.11. The highest BCUT2D eigenvalue weighted by Crippen LogP contribution is 2.46. The van der Waals surface area contributed by atoms with Crippen molar-refractivity contribution in [3.8, 4) is 5.75 Å². The van der Waals surface area contributed by atoms with Gasteiger partial charge >= 0.3 is 0 Å². The van der Waals surface area contributed by atoms with Crippen LogP contribution in [0.2, 0.25) is 0 Å². The number of thiophene rings is 1. The first-order chi connectivity index (χ1) is 20.7. The Morgan fingerprint density at radius 3 is 2.45 bits per heavy atom. The van der Waals surface area contributed by atoms with Crippen LogP contribution in [0.15, 0.2) is 21.0 Å². The molecule has 1 fully saturated rings. The van der Waals surface area contributed by atoms with Gasteiger partial charge in [-0.25, -0.2) is 8.42 Å². The highest BCUT2D eigenvalue weighted by molar-refractivity contribution is 7.91. The van der Waals surface area contributed by atoms with E-state index in [2.05, 4.69) is 63.1 Å². The molecule has 0 saturated carbocycles. The van der Waals surface area contributed by atoms with Gasteiger partial charge in [0.2, 0.25) is 11.6 Å². The van der Waals surface area contributed by atoms with Crippen LogP contribution in [0.4, 0.5) is 17.3 Å². The first kappa shape index (κ1) is 34.6. The van der Waals surface area contributed by atoms with E-state index >= 15 is 0 Å². The van der Waals surface area contributed by atoms with Gasteiger partial charge in [0.05, 0.1) is 18.0 Å². The molecule has 0 amide bonds. The second-order valence-electron chi connectivity index (χ2n) is 12.4. The molecule has 1 saturated heterocycles. The van der Waals surface area contributed by atoms with Gasteiger partial charge in [0.25, 0.3) is 10.0 Å². The summed E-state index contributed by atoms with van der Waals surface area (Å²) < 4.78 is 54.2. The molecule has 15 heteroatoms. The van der Waals surface area contributed by atoms with Gasteiger partial charge in [-0.1, -0.05) is 34.6 Å². The zero-order valence-electron chi connectivity index (χ0n) is 26.8. The number of furan rings is 1. The maximum atomic E-state index is 13.1. The van der Waals surface area contributed by atoms with Gasteiger partial charge in [-0.2, -0.15) is 4.31 Å². The molecule has 1 aliphatic rings. The molecule has 0 bridgehead atoms. The zero-order valence-corrected chi connectivity index (χ0v) is 29.3. The first-order valence-corrected chi connectivity index (χ1v) is 18.5. The van der Waals surface area contributed by atoms with Gasteiger partial charge in [-0.15, -0.1) is 11.3 Å². The lowest BCUT2D eigenvalue weighted by Crippen LogP contribution is -2.44. The van der Waals surface area contributed by atoms with Crippen LogP contribution in [0.1, 0.15) is 69.7 Å². The predicted octanol–water partition coefficient (Wildman–Crippen LogP) is 5.42. The van der Waals surface area contributed by atoms with Crippen LogP contribution in [0.3, 0.4) is 0 Å². The lowest BCUT2D eigenvalue weighted by molar-refractivity contribution is 0.152. The summed E-state index contributed by atoms with van der Waals surface area (Å²) >= 11 is -0.912. The van der Waals surface area contributed by atoms with Crippen molar-refractivity contribution in [1.82, 2.24) is 22.9 Å². The second kappa shape index (κ2) is 14.4. The first-order valence-electron chi connectivity index (χ1n) is 15.2. The minimum Gasteiger partial charge on any atom is -0.546 e. The Hall–Kier alpha value is -2.27. The number of rotatable bonds is 14. The van der Waals surface area contributed by atoms with Crippen LogP contribution in [0, 0.1) is 12.3 Å². The lowest BCUT2D eigenvalue weighted by atomic mass is 9.85. The molecule has 2 atom stereocenters. The Morgan fingerprint density at radius 2 is 1.82 bits per heavy atom. The molecular formula is C29H47N7O5S3. The van der Waals surface area contributed by atoms with Crippen molar-refractivity contribution >= 4 is 49.8 Å². The predicted molar refractivity (Wildman–Crippen MR) is 176 cm³/mol. The van der Waals surface area contributed by atoms with Crippen molar-refractivity contribution in [3.63, 3.8) is 0 Å². The minimum absolute atomic E-state index is 0.147. The minimum atomic E-state index is -3.88. The number of unbranched alkanes of at least 4 members (excludes halogenated alkanes) is 1. The fourth-order valence-corrected chi connectivity index (χ4v) is 9.06. The molecule has 44 heavy (non-hydrogen) atoms. The molecule has 3 N–H and O–H groups in total. The quantitative estimate of drug-likeness (QED) is 0.149. The number of nitrogens with zero attached hydrogens (tertiary/aromatic N) is 5. The molecule has 0 radical (unpaired) electrons. The number of aryl methyl sites for hydroxylation is 2. The van der Waals surface area contributed by atoms with E-state index in [1.807, 2.05) is 0 Å². The Labute approximate surface area is 268 Å². The summed E-state index contributed by atoms with van der Waals surface area (Å²) in [4.78, 5) is 5.44. The summed E-state index contributed by atoms with van der Waals surface area (Å²) in [5.74, 6) is 0.728. The number of anilines is 3. The van der Waals surface area contributed by atoms with Gasteiger partial charge in [-0.3, -0.25) is 0 Å². The molecule has 3 aromatic rings. The van der Waals surface area contributed by atoms with Crippen LogP contribution in [0.5, 0.6) is 5.75 Å². The Morgan fingerprint density at radius 1 is 1.16 bits per heavy atom. The summed E-state index contributed by atoms with van der Waals surface area (Å²) in [7, 11) is -1.71. The molecule has 0 spiro atoms. The van der Waals surface area contributed by atoms with Gasteiger partial charge in [0.1, 0.15) is 5.76 Å². The number of aromatic nitrogens is 2. The molecule has 12 nitrogen and oxygen atoms in total. The van der Waals surface area contributed by atoms with Crippen LogP contribution in [-0.2, 0) is 16.4 Å². The Kier molecular flexibility index (Phi) is 11.4. The molecule has 246 valence electrons. The van der Waals surface area contributed by atoms with E-state index in [0.717, 1.165) is 74.6 Å². The van der Waals surface area contributed by atoms with Crippen molar-refractivity contribution < 1.29 is 22.5 Å². The van der Waals surface area contributed by atoms with Crippen molar-refractivity contribution in [2.24, 2.45) is 5.41 Å². The van der Waals surface area contributed by atoms with Crippen molar-refractivity contribution in [2.45, 2.75) is 71.1 Å². The number of hydrogen-bond donors (Lipinski definition) is 3. The monoisotopic (exact) mass is 669 g/mol. The summed E-state index contributed by atoms with van der Waals surface area (Å²) in [5, 5.41) is 17.4. The summed E-state index contributed by atoms with van der Waals surface area (Å²) in [5.41, 5.74) is 0.996. The third-order valence-electron chi connectivity index (χ3n) is 8.01. The standard InChI is InChI=1S/C29H47N7O5S3/c1-8-36(9-2)44(39,40)28-24(37)23(20(3)42-28)30-26-27(33-43(38)32-26)31-25(29(4,5)6)22-18-21(19-41-22)12-10-11-13-35-16-14-34(7)15-17-35/h18-19,25,37H,8-17H2,1-7H3,(H,30,32)(H,31,33)/t25-,43?/m0/s1. The van der Waals surface area contributed by atoms with Crippen LogP contribution >= 0.6 is 22.5 Å². The Bertz CT molecular complexity index is 1480. The number of likely N-dealkylation sites (N-methyl/N-ethyl adjacent to an activating group) is 1. The smallest absolute Gasteiger partial charge is 0.256 e. The second-order valence-corrected chi connectivity index (χ2v) is 16.6. The lowest BCUT2D eigenvalue weighted by Gasteiger charge is -2.32. The third-order valence-corrected chi connectivity index (χ3v) is 12.3. The number of nitrogens with one attached hydrogen (secondary N) is 2. The van der Waals surface area contributed by atoms with E-state index in [4.69, 9.17) is 4.42 Å². The zero-order chi connectivity index (χ0) is 32.2.